The molecule has 0 aromatic heterocycles. The molecule has 8 nitrogen and oxygen atoms in total. The highest BCUT2D eigenvalue weighted by Crippen LogP contribution is 2.37. The van der Waals surface area contributed by atoms with Crippen molar-refractivity contribution in [3.05, 3.63) is 269 Å². The van der Waals surface area contributed by atoms with Crippen molar-refractivity contribution in [2.75, 3.05) is 13.6 Å². The molecule has 11 rings (SSSR count). The summed E-state index contributed by atoms with van der Waals surface area (Å²) in [4.78, 5) is 27.4. The van der Waals surface area contributed by atoms with Gasteiger partial charge in [0.15, 0.2) is 0 Å². The Morgan fingerprint density at radius 1 is 0.500 bits per heavy atom. The van der Waals surface area contributed by atoms with Gasteiger partial charge in [0.2, 0.25) is 17.1 Å². The van der Waals surface area contributed by atoms with Crippen molar-refractivity contribution >= 4 is 56.7 Å². The average molecular weight is 856 g/mol. The lowest BCUT2D eigenvalue weighted by Crippen LogP contribution is -2.68. The first-order valence-electron chi connectivity index (χ1n) is 22.1. The first-order chi connectivity index (χ1) is 32.5. The SMILES string of the molecule is CN1C=CC(=C2C=CN(CCC(O)=[NH+]c3cccc(C4=C5C=CC(=N5)C(c5ccccc5)=C5C=CC(=N5)C(c5ccccc5)=C5C=CC(=[NH+]5)C(c5ccccc5)=C5C=CC4=N5)c3)C=C2)C=C1. The van der Waals surface area contributed by atoms with Gasteiger partial charge in [0.25, 0.3) is 0 Å². The Morgan fingerprint density at radius 3 is 1.58 bits per heavy atom. The number of aliphatic imine (C=N–C) groups is 3. The second-order valence-electron chi connectivity index (χ2n) is 16.5. The number of nitrogens with zero attached hydrogens (tertiary/aromatic N) is 5. The molecule has 7 heterocycles. The molecular formula is C58H45N7O+2. The second-order valence-corrected chi connectivity index (χ2v) is 16.5. The van der Waals surface area contributed by atoms with Crippen LogP contribution in [0.25, 0.3) is 22.3 Å². The van der Waals surface area contributed by atoms with E-state index in [0.29, 0.717) is 13.0 Å². The van der Waals surface area contributed by atoms with Crippen LogP contribution in [-0.4, -0.2) is 57.2 Å². The summed E-state index contributed by atoms with van der Waals surface area (Å²) in [5, 5.41) is 11.3. The number of hydrogen-bond donors (Lipinski definition) is 3. The summed E-state index contributed by atoms with van der Waals surface area (Å²) in [6, 6.07) is 39.3. The van der Waals surface area contributed by atoms with Gasteiger partial charge in [-0.2, -0.15) is 4.99 Å². The van der Waals surface area contributed by atoms with E-state index in [1.165, 1.54) is 0 Å². The summed E-state index contributed by atoms with van der Waals surface area (Å²) in [7, 11) is 2.01. The van der Waals surface area contributed by atoms with Crippen LogP contribution in [0.5, 0.6) is 0 Å². The van der Waals surface area contributed by atoms with Gasteiger partial charge in [0, 0.05) is 73.8 Å². The molecule has 3 N–H and O–H groups in total. The molecular weight excluding hydrogens is 811 g/mol. The van der Waals surface area contributed by atoms with Crippen LogP contribution in [0.15, 0.2) is 262 Å². The number of benzene rings is 4. The standard InChI is InChI=1S/C58H43N7O/c1-64-33-28-39(29-34-64)40-30-35-65(36-31-40)37-32-54(66)59-45-19-11-18-44(38-45)58-52-26-24-50(62-52)56(42-14-7-3-8-15-42)48-22-20-46(60-48)55(41-12-5-2-6-13-41)47-21-23-49(61-47)57(43-16-9-4-10-17-43)51-25-27-53(58)63-51/h2-31,33-36,38H,32,37H2,1H3,(H,59,66)/p+2. The fourth-order valence-corrected chi connectivity index (χ4v) is 8.87. The molecule has 7 aliphatic heterocycles. The number of fused-ring (bicyclic) bond motifs is 4. The first kappa shape index (κ1) is 40.1. The van der Waals surface area contributed by atoms with Gasteiger partial charge < -0.3 is 14.9 Å². The molecule has 0 radical (unpaired) electrons. The molecule has 66 heavy (non-hydrogen) atoms. The lowest BCUT2D eigenvalue weighted by Gasteiger charge is -2.19. The minimum absolute atomic E-state index is 0.175. The third-order valence-electron chi connectivity index (χ3n) is 12.1. The summed E-state index contributed by atoms with van der Waals surface area (Å²) in [6.45, 7) is 0.606. The van der Waals surface area contributed by atoms with Gasteiger partial charge in [-0.15, -0.1) is 0 Å². The van der Waals surface area contributed by atoms with Gasteiger partial charge in [-0.25, -0.2) is 20.0 Å². The minimum Gasteiger partial charge on any atom is -0.463 e. The fourth-order valence-electron chi connectivity index (χ4n) is 8.87. The molecule has 0 atom stereocenters. The van der Waals surface area contributed by atoms with Crippen LogP contribution in [0.4, 0.5) is 5.69 Å². The molecule has 0 saturated carbocycles. The van der Waals surface area contributed by atoms with Crippen LogP contribution >= 0.6 is 0 Å². The molecule has 0 amide bonds. The van der Waals surface area contributed by atoms with E-state index in [1.54, 1.807) is 0 Å². The van der Waals surface area contributed by atoms with Crippen molar-refractivity contribution in [1.29, 1.82) is 0 Å². The van der Waals surface area contributed by atoms with Crippen molar-refractivity contribution in [3.63, 3.8) is 0 Å². The molecule has 0 spiro atoms. The number of allylic oxidation sites excluding steroid dienone is 18. The zero-order valence-electron chi connectivity index (χ0n) is 36.3. The Bertz CT molecular complexity index is 3210. The van der Waals surface area contributed by atoms with Crippen LogP contribution < -0.4 is 9.98 Å². The van der Waals surface area contributed by atoms with Crippen molar-refractivity contribution in [3.8, 4) is 0 Å². The van der Waals surface area contributed by atoms with E-state index < -0.39 is 0 Å². The molecule has 4 aromatic carbocycles. The largest absolute Gasteiger partial charge is 0.463 e. The smallest absolute Gasteiger partial charge is 0.339 e. The van der Waals surface area contributed by atoms with Crippen molar-refractivity contribution in [2.24, 2.45) is 15.0 Å². The molecule has 0 aliphatic carbocycles. The van der Waals surface area contributed by atoms with E-state index in [0.717, 1.165) is 107 Å². The molecule has 0 saturated heterocycles. The average Bonchev–Trinajstić information content (AvgIpc) is 4.21. The number of aliphatic hydroxyl groups is 1. The van der Waals surface area contributed by atoms with E-state index in [1.807, 2.05) is 54.7 Å². The molecule has 8 heteroatoms. The van der Waals surface area contributed by atoms with Crippen LogP contribution in [0, 0.1) is 0 Å². The third kappa shape index (κ3) is 8.04. The number of aliphatic hydroxyl groups excluding tert-OH is 1. The number of hydrogen-bond acceptors (Lipinski definition) is 5. The third-order valence-corrected chi connectivity index (χ3v) is 12.1. The van der Waals surface area contributed by atoms with Gasteiger partial charge in [-0.3, -0.25) is 0 Å². The highest BCUT2D eigenvalue weighted by molar-refractivity contribution is 6.38. The predicted octanol–water partition coefficient (Wildman–Crippen LogP) is 8.44. The Kier molecular flexibility index (Phi) is 10.6. The molecule has 316 valence electrons. The lowest BCUT2D eigenvalue weighted by atomic mass is 9.98. The molecule has 4 aromatic rings. The predicted molar refractivity (Wildman–Crippen MR) is 269 cm³/mol. The summed E-state index contributed by atoms with van der Waals surface area (Å²) in [5.74, 6) is 0.175. The second kappa shape index (κ2) is 17.4. The van der Waals surface area contributed by atoms with E-state index in [4.69, 9.17) is 15.0 Å². The van der Waals surface area contributed by atoms with Crippen LogP contribution in [0.3, 0.4) is 0 Å². The van der Waals surface area contributed by atoms with Crippen molar-refractivity contribution in [2.45, 2.75) is 6.42 Å². The van der Waals surface area contributed by atoms with Crippen molar-refractivity contribution in [1.82, 2.24) is 9.80 Å². The van der Waals surface area contributed by atoms with Crippen LogP contribution in [0.1, 0.15) is 28.7 Å². The van der Waals surface area contributed by atoms with E-state index in [2.05, 4.69) is 185 Å². The summed E-state index contributed by atoms with van der Waals surface area (Å²) in [6.07, 6.45) is 33.9. The zero-order chi connectivity index (χ0) is 44.4. The number of rotatable bonds is 8. The Morgan fingerprint density at radius 2 is 0.985 bits per heavy atom. The van der Waals surface area contributed by atoms with E-state index in [-0.39, 0.29) is 5.90 Å². The van der Waals surface area contributed by atoms with Gasteiger partial charge in [-0.05, 0) is 94.2 Å². The van der Waals surface area contributed by atoms with Crippen LogP contribution in [-0.2, 0) is 0 Å². The van der Waals surface area contributed by atoms with Gasteiger partial charge in [0.1, 0.15) is 0 Å². The zero-order valence-corrected chi connectivity index (χ0v) is 36.3. The summed E-state index contributed by atoms with van der Waals surface area (Å²) < 4.78 is 0. The highest BCUT2D eigenvalue weighted by Gasteiger charge is 2.30. The maximum atomic E-state index is 11.3. The maximum absolute atomic E-state index is 11.3. The Balaban J connectivity index is 1.02. The van der Waals surface area contributed by atoms with Crippen LogP contribution in [0.2, 0.25) is 0 Å². The molecule has 0 unspecified atom stereocenters. The molecule has 8 bridgehead atoms. The minimum atomic E-state index is 0.175. The Labute approximate surface area is 384 Å². The Hall–Kier alpha value is -8.75. The van der Waals surface area contributed by atoms with Gasteiger partial charge in [-0.1, -0.05) is 103 Å². The molecule has 0 fully saturated rings. The quantitative estimate of drug-likeness (QED) is 0.123. The fraction of sp³-hybridized carbons (Fsp3) is 0.0517. The van der Waals surface area contributed by atoms with Crippen molar-refractivity contribution < 1.29 is 15.1 Å². The first-order valence-corrected chi connectivity index (χ1v) is 22.1. The maximum Gasteiger partial charge on any atom is 0.339 e. The highest BCUT2D eigenvalue weighted by atomic mass is 16.3. The van der Waals surface area contributed by atoms with Gasteiger partial charge >= 0.3 is 5.90 Å². The van der Waals surface area contributed by atoms with E-state index in [9.17, 15) is 5.11 Å². The van der Waals surface area contributed by atoms with Gasteiger partial charge in [0.05, 0.1) is 51.8 Å². The lowest BCUT2D eigenvalue weighted by molar-refractivity contribution is -0.383. The monoisotopic (exact) mass is 855 g/mol. The number of nitrogens with one attached hydrogen (secondary N) is 2. The summed E-state index contributed by atoms with van der Waals surface area (Å²) in [5.41, 5.74) is 17.7. The molecule has 7 aliphatic rings. The summed E-state index contributed by atoms with van der Waals surface area (Å²) >= 11 is 0. The van der Waals surface area contributed by atoms with E-state index >= 15 is 0 Å². The normalized spacial score (nSPS) is 18.5. The topological polar surface area (TPSA) is 91.7 Å².